The highest BCUT2D eigenvalue weighted by Gasteiger charge is 1.99. The topological polar surface area (TPSA) is 0 Å². The number of hydrogen-bond acceptors (Lipinski definition) is 10. The summed E-state index contributed by atoms with van der Waals surface area (Å²) in [6, 6.07) is 0. The van der Waals surface area contributed by atoms with E-state index in [9.17, 15) is 0 Å². The predicted molar refractivity (Wildman–Crippen MR) is 146 cm³/mol. The molecule has 1 aliphatic heterocycles. The van der Waals surface area contributed by atoms with Crippen LogP contribution in [-0.4, -0.2) is 11.5 Å². The van der Waals surface area contributed by atoms with E-state index in [1.165, 1.54) is 95.0 Å². The molecule has 0 radical (unpaired) electrons. The van der Waals surface area contributed by atoms with Gasteiger partial charge in [-0.1, -0.05) is 92.2 Å². The van der Waals surface area contributed by atoms with Crippen molar-refractivity contribution in [3.05, 3.63) is 0 Å². The molecule has 150 valence electrons. The lowest BCUT2D eigenvalue weighted by molar-refractivity contribution is 0.543. The zero-order valence-electron chi connectivity index (χ0n) is 14.7. The summed E-state index contributed by atoms with van der Waals surface area (Å²) in [6.45, 7) is 0. The largest absolute Gasteiger partial charge is 0.0817 e. The van der Waals surface area contributed by atoms with Crippen molar-refractivity contribution in [2.24, 2.45) is 0 Å². The number of rotatable bonds is 0. The second-order valence-electron chi connectivity index (χ2n) is 5.78. The van der Waals surface area contributed by atoms with Crippen molar-refractivity contribution >= 4 is 100 Å². The van der Waals surface area contributed by atoms with Gasteiger partial charge < -0.3 is 0 Å². The first-order chi connectivity index (χ1) is 12.5. The van der Waals surface area contributed by atoms with Gasteiger partial charge in [0.2, 0.25) is 0 Å². The summed E-state index contributed by atoms with van der Waals surface area (Å²) in [4.78, 5) is 0. The fraction of sp³-hybridized carbons (Fsp3) is 1.00. The van der Waals surface area contributed by atoms with Crippen LogP contribution in [0.25, 0.3) is 0 Å². The molecule has 1 fully saturated rings. The molecular formula is C15H30S10. The minimum absolute atomic E-state index is 1.31. The molecule has 10 heteroatoms. The maximum atomic E-state index is 2.03. The van der Waals surface area contributed by atoms with Crippen molar-refractivity contribution in [1.82, 2.24) is 0 Å². The van der Waals surface area contributed by atoms with Crippen LogP contribution in [0.4, 0.5) is 0 Å². The van der Waals surface area contributed by atoms with Gasteiger partial charge in [0.05, 0.1) is 0 Å². The van der Waals surface area contributed by atoms with Gasteiger partial charge in [-0.05, 0) is 91.4 Å². The summed E-state index contributed by atoms with van der Waals surface area (Å²) in [5.41, 5.74) is 0. The van der Waals surface area contributed by atoms with Gasteiger partial charge in [0, 0.05) is 11.5 Å². The minimum atomic E-state index is 1.31. The lowest BCUT2D eigenvalue weighted by Crippen LogP contribution is -1.84. The summed E-state index contributed by atoms with van der Waals surface area (Å²) in [5.74, 6) is 2.63. The summed E-state index contributed by atoms with van der Waals surface area (Å²) in [5, 5.41) is 0. The van der Waals surface area contributed by atoms with E-state index in [0.717, 1.165) is 0 Å². The molecule has 1 aliphatic rings. The van der Waals surface area contributed by atoms with Crippen molar-refractivity contribution in [2.75, 3.05) is 11.5 Å². The molecule has 0 nitrogen and oxygen atoms in total. The van der Waals surface area contributed by atoms with E-state index in [1.54, 1.807) is 0 Å². The fourth-order valence-electron chi connectivity index (χ4n) is 2.44. The Labute approximate surface area is 193 Å². The molecular weight excluding hydrogens is 501 g/mol. The first kappa shape index (κ1) is 26.5. The van der Waals surface area contributed by atoms with Crippen LogP contribution in [-0.2, 0) is 0 Å². The van der Waals surface area contributed by atoms with Crippen molar-refractivity contribution in [2.45, 2.75) is 83.5 Å². The Morgan fingerprint density at radius 2 is 0.480 bits per heavy atom. The van der Waals surface area contributed by atoms with E-state index >= 15 is 0 Å². The Morgan fingerprint density at radius 3 is 0.800 bits per heavy atom. The highest BCUT2D eigenvalue weighted by Crippen LogP contribution is 2.59. The van der Waals surface area contributed by atoms with Gasteiger partial charge in [0.25, 0.3) is 0 Å². The second-order valence-corrected chi connectivity index (χ2v) is 22.6. The molecule has 0 unspecified atom stereocenters. The monoisotopic (exact) mass is 530 g/mol. The van der Waals surface area contributed by atoms with E-state index in [4.69, 9.17) is 0 Å². The average Bonchev–Trinajstić information content (AvgIpc) is 2.62. The van der Waals surface area contributed by atoms with Gasteiger partial charge in [-0.3, -0.25) is 0 Å². The zero-order chi connectivity index (χ0) is 17.7. The normalized spacial score (nSPS) is 24.0. The maximum absolute atomic E-state index is 2.03. The SMILES string of the molecule is C1CCCCCCCSSSSSSSSSSCCCCCCC1. The Hall–Kier alpha value is 3.50. The molecule has 0 atom stereocenters. The molecule has 0 spiro atoms. The van der Waals surface area contributed by atoms with Gasteiger partial charge >= 0.3 is 0 Å². The molecule has 25 heavy (non-hydrogen) atoms. The zero-order valence-corrected chi connectivity index (χ0v) is 22.9. The van der Waals surface area contributed by atoms with Gasteiger partial charge in [-0.15, -0.1) is 0 Å². The van der Waals surface area contributed by atoms with Crippen LogP contribution in [0.1, 0.15) is 83.5 Å². The molecule has 0 amide bonds. The first-order valence-electron chi connectivity index (χ1n) is 9.08. The second kappa shape index (κ2) is 23.8. The smallest absolute Gasteiger partial charge is 0.00454 e. The van der Waals surface area contributed by atoms with Gasteiger partial charge in [-0.2, -0.15) is 0 Å². The first-order valence-corrected chi connectivity index (χ1v) is 22.2. The molecule has 1 rings (SSSR count). The molecule has 1 saturated heterocycles. The van der Waals surface area contributed by atoms with E-state index in [1.807, 2.05) is 100 Å². The Balaban J connectivity index is 2.00. The third-order valence-electron chi connectivity index (χ3n) is 3.75. The van der Waals surface area contributed by atoms with Gasteiger partial charge in [-0.25, -0.2) is 0 Å². The van der Waals surface area contributed by atoms with Crippen molar-refractivity contribution < 1.29 is 0 Å². The van der Waals surface area contributed by atoms with Crippen LogP contribution < -0.4 is 0 Å². The standard InChI is InChI=1S/C15H30S10/c1-2-4-6-8-10-12-14-16-18-20-22-24-25-23-21-19-17-15-13-11-9-7-5-3-1/h1-15H2. The number of hydrogen-bond donors (Lipinski definition) is 0. The average molecular weight is 531 g/mol. The van der Waals surface area contributed by atoms with Crippen LogP contribution >= 0.6 is 100 Å². The molecule has 0 aromatic heterocycles. The maximum Gasteiger partial charge on any atom is 0.00454 e. The van der Waals surface area contributed by atoms with Crippen molar-refractivity contribution in [3.63, 3.8) is 0 Å². The molecule has 0 aromatic carbocycles. The third kappa shape index (κ3) is 22.0. The van der Waals surface area contributed by atoms with Crippen LogP contribution in [0.2, 0.25) is 0 Å². The molecule has 0 aliphatic carbocycles. The molecule has 1 heterocycles. The van der Waals surface area contributed by atoms with Crippen molar-refractivity contribution in [3.8, 4) is 0 Å². The van der Waals surface area contributed by atoms with Crippen molar-refractivity contribution in [1.29, 1.82) is 0 Å². The van der Waals surface area contributed by atoms with Gasteiger partial charge in [0.15, 0.2) is 0 Å². The lowest BCUT2D eigenvalue weighted by Gasteiger charge is -2.03. The summed E-state index contributed by atoms with van der Waals surface area (Å²) >= 11 is 0. The summed E-state index contributed by atoms with van der Waals surface area (Å²) < 4.78 is 0. The highest BCUT2D eigenvalue weighted by atomic mass is 34.0. The van der Waals surface area contributed by atoms with Crippen LogP contribution in [0.15, 0.2) is 0 Å². The van der Waals surface area contributed by atoms with Crippen LogP contribution in [0.3, 0.4) is 0 Å². The molecule has 0 bridgehead atoms. The minimum Gasteiger partial charge on any atom is -0.0817 e. The molecule has 0 aromatic rings. The van der Waals surface area contributed by atoms with Crippen LogP contribution in [0.5, 0.6) is 0 Å². The highest BCUT2D eigenvalue weighted by molar-refractivity contribution is 9.52. The Kier molecular flexibility index (Phi) is 25.2. The fourth-order valence-corrected chi connectivity index (χ4v) is 25.2. The van der Waals surface area contributed by atoms with E-state index in [-0.39, 0.29) is 0 Å². The van der Waals surface area contributed by atoms with E-state index in [0.29, 0.717) is 0 Å². The van der Waals surface area contributed by atoms with E-state index in [2.05, 4.69) is 0 Å². The molecule has 0 saturated carbocycles. The lowest BCUT2D eigenvalue weighted by atomic mass is 10.0. The third-order valence-corrected chi connectivity index (χ3v) is 23.7. The Bertz CT molecular complexity index is 140. The predicted octanol–water partition coefficient (Wildman–Crippen LogP) is 11.6. The Morgan fingerprint density at radius 1 is 0.240 bits per heavy atom. The van der Waals surface area contributed by atoms with Gasteiger partial charge in [0.1, 0.15) is 0 Å². The van der Waals surface area contributed by atoms with Crippen LogP contribution in [0, 0.1) is 0 Å². The quantitative estimate of drug-likeness (QED) is 0.276. The van der Waals surface area contributed by atoms with E-state index < -0.39 is 0 Å². The summed E-state index contributed by atoms with van der Waals surface area (Å²) in [7, 11) is 19.4. The summed E-state index contributed by atoms with van der Waals surface area (Å²) in [6.07, 6.45) is 18.8. The molecule has 0 N–H and O–H groups in total.